The van der Waals surface area contributed by atoms with Gasteiger partial charge in [-0.15, -0.1) is 0 Å². The van der Waals surface area contributed by atoms with Crippen LogP contribution >= 0.6 is 0 Å². The van der Waals surface area contributed by atoms with Crippen molar-refractivity contribution in [1.82, 2.24) is 4.31 Å². The molecule has 26 heavy (non-hydrogen) atoms. The molecule has 0 saturated carbocycles. The number of quaternary nitrogens is 1. The summed E-state index contributed by atoms with van der Waals surface area (Å²) in [6.45, 7) is 2.45. The Balaban J connectivity index is 1.67. The van der Waals surface area contributed by atoms with E-state index >= 15 is 0 Å². The van der Waals surface area contributed by atoms with E-state index < -0.39 is 26.6 Å². The van der Waals surface area contributed by atoms with E-state index in [0.29, 0.717) is 13.1 Å². The number of sulfonamides is 1. The monoisotopic (exact) mass is 383 g/mol. The Hall–Kier alpha value is -2.03. The number of benzene rings is 2. The van der Waals surface area contributed by atoms with Crippen LogP contribution in [0.25, 0.3) is 0 Å². The molecule has 0 radical (unpaired) electrons. The van der Waals surface area contributed by atoms with Crippen LogP contribution in [-0.2, 0) is 16.6 Å². The van der Waals surface area contributed by atoms with E-state index in [1.165, 1.54) is 9.21 Å². The summed E-state index contributed by atoms with van der Waals surface area (Å²) in [5, 5.41) is 0. The van der Waals surface area contributed by atoms with Gasteiger partial charge in [0.15, 0.2) is 0 Å². The lowest BCUT2D eigenvalue weighted by Crippen LogP contribution is -3.13. The van der Waals surface area contributed by atoms with Crippen molar-refractivity contribution in [2.24, 2.45) is 0 Å². The Bertz CT molecular complexity index is 882. The largest absolute Gasteiger partial charge is 0.497 e. The van der Waals surface area contributed by atoms with E-state index in [1.807, 2.05) is 24.3 Å². The molecule has 0 atom stereocenters. The zero-order valence-electron chi connectivity index (χ0n) is 14.4. The number of ether oxygens (including phenoxy) is 1. The van der Waals surface area contributed by atoms with Crippen molar-refractivity contribution in [3.63, 3.8) is 0 Å². The molecule has 1 fully saturated rings. The van der Waals surface area contributed by atoms with Crippen LogP contribution in [0.3, 0.4) is 0 Å². The summed E-state index contributed by atoms with van der Waals surface area (Å²) < 4.78 is 58.9. The molecule has 1 aliphatic heterocycles. The number of methoxy groups -OCH3 is 1. The minimum Gasteiger partial charge on any atom is -0.497 e. The molecule has 3 rings (SSSR count). The summed E-state index contributed by atoms with van der Waals surface area (Å²) in [5.41, 5.74) is 1.10. The second-order valence-electron chi connectivity index (χ2n) is 6.26. The topological polar surface area (TPSA) is 51.1 Å². The predicted octanol–water partition coefficient (Wildman–Crippen LogP) is 1.06. The number of hydrogen-bond donors (Lipinski definition) is 1. The fourth-order valence-electron chi connectivity index (χ4n) is 3.10. The van der Waals surface area contributed by atoms with E-state index in [-0.39, 0.29) is 13.1 Å². The molecule has 0 spiro atoms. The molecule has 8 heteroatoms. The standard InChI is InChI=1S/C18H20F2N2O3S/c1-25-16-4-2-3-14(11-16)13-21-7-9-22(10-8-21)26(23,24)18-12-15(19)5-6-17(18)20/h2-6,11-12H,7-10,13H2,1H3/p+1. The number of halogens is 2. The first-order valence-electron chi connectivity index (χ1n) is 8.32. The molecule has 0 aromatic heterocycles. The molecule has 1 heterocycles. The van der Waals surface area contributed by atoms with Gasteiger partial charge < -0.3 is 9.64 Å². The SMILES string of the molecule is COc1cccc(C[NH+]2CCN(S(=O)(=O)c3cc(F)ccc3F)CC2)c1. The lowest BCUT2D eigenvalue weighted by Gasteiger charge is -2.31. The van der Waals surface area contributed by atoms with Gasteiger partial charge in [-0.05, 0) is 30.3 Å². The molecular weight excluding hydrogens is 362 g/mol. The molecular formula is C18H21F2N2O3S+. The van der Waals surface area contributed by atoms with Crippen LogP contribution in [-0.4, -0.2) is 46.0 Å². The smallest absolute Gasteiger partial charge is 0.246 e. The molecule has 140 valence electrons. The Kier molecular flexibility index (Phi) is 5.55. The average molecular weight is 383 g/mol. The minimum atomic E-state index is -4.04. The van der Waals surface area contributed by atoms with Crippen molar-refractivity contribution in [3.05, 3.63) is 59.7 Å². The van der Waals surface area contributed by atoms with Gasteiger partial charge in [0.1, 0.15) is 28.8 Å². The van der Waals surface area contributed by atoms with E-state index in [9.17, 15) is 17.2 Å². The molecule has 1 aliphatic rings. The van der Waals surface area contributed by atoms with Crippen molar-refractivity contribution >= 4 is 10.0 Å². The maximum Gasteiger partial charge on any atom is 0.246 e. The van der Waals surface area contributed by atoms with E-state index in [0.717, 1.165) is 36.1 Å². The van der Waals surface area contributed by atoms with Crippen LogP contribution in [0.1, 0.15) is 5.56 Å². The molecule has 0 amide bonds. The molecule has 0 unspecified atom stereocenters. The van der Waals surface area contributed by atoms with E-state index in [2.05, 4.69) is 0 Å². The second-order valence-corrected chi connectivity index (χ2v) is 8.16. The lowest BCUT2D eigenvalue weighted by atomic mass is 10.2. The molecule has 0 aliphatic carbocycles. The highest BCUT2D eigenvalue weighted by Crippen LogP contribution is 2.20. The zero-order valence-corrected chi connectivity index (χ0v) is 15.2. The second kappa shape index (κ2) is 7.69. The molecule has 2 aromatic carbocycles. The lowest BCUT2D eigenvalue weighted by molar-refractivity contribution is -0.917. The molecule has 0 bridgehead atoms. The van der Waals surface area contributed by atoms with Crippen molar-refractivity contribution in [3.8, 4) is 5.75 Å². The zero-order chi connectivity index (χ0) is 18.7. The fourth-order valence-corrected chi connectivity index (χ4v) is 4.62. The molecule has 1 N–H and O–H groups in total. The van der Waals surface area contributed by atoms with Crippen molar-refractivity contribution in [2.75, 3.05) is 33.3 Å². The predicted molar refractivity (Wildman–Crippen MR) is 92.5 cm³/mol. The highest BCUT2D eigenvalue weighted by Gasteiger charge is 2.32. The van der Waals surface area contributed by atoms with Crippen LogP contribution in [0.4, 0.5) is 8.78 Å². The fraction of sp³-hybridized carbons (Fsp3) is 0.333. The quantitative estimate of drug-likeness (QED) is 0.840. The Morgan fingerprint density at radius 3 is 2.54 bits per heavy atom. The summed E-state index contributed by atoms with van der Waals surface area (Å²) in [4.78, 5) is 0.623. The van der Waals surface area contributed by atoms with Gasteiger partial charge >= 0.3 is 0 Å². The van der Waals surface area contributed by atoms with Crippen LogP contribution < -0.4 is 9.64 Å². The average Bonchev–Trinajstić information content (AvgIpc) is 2.64. The first-order chi connectivity index (χ1) is 12.4. The van der Waals surface area contributed by atoms with Crippen LogP contribution in [0.15, 0.2) is 47.4 Å². The summed E-state index contributed by atoms with van der Waals surface area (Å²) in [6.07, 6.45) is 0. The first-order valence-corrected chi connectivity index (χ1v) is 9.76. The van der Waals surface area contributed by atoms with Crippen molar-refractivity contribution in [1.29, 1.82) is 0 Å². The van der Waals surface area contributed by atoms with Gasteiger partial charge in [0.25, 0.3) is 0 Å². The van der Waals surface area contributed by atoms with Gasteiger partial charge in [0, 0.05) is 5.56 Å². The van der Waals surface area contributed by atoms with E-state index in [1.54, 1.807) is 7.11 Å². The maximum atomic E-state index is 13.9. The highest BCUT2D eigenvalue weighted by molar-refractivity contribution is 7.89. The Morgan fingerprint density at radius 1 is 1.12 bits per heavy atom. The number of hydrogen-bond acceptors (Lipinski definition) is 3. The van der Waals surface area contributed by atoms with Gasteiger partial charge in [0.05, 0.1) is 33.3 Å². The maximum absolute atomic E-state index is 13.9. The Labute approximate surface area is 151 Å². The van der Waals surface area contributed by atoms with Gasteiger partial charge in [-0.1, -0.05) is 12.1 Å². The third-order valence-corrected chi connectivity index (χ3v) is 6.44. The third kappa shape index (κ3) is 4.03. The number of nitrogens with one attached hydrogen (secondary N) is 1. The van der Waals surface area contributed by atoms with Crippen LogP contribution in [0.2, 0.25) is 0 Å². The third-order valence-electron chi connectivity index (χ3n) is 4.53. The number of piperazine rings is 1. The van der Waals surface area contributed by atoms with Crippen LogP contribution in [0.5, 0.6) is 5.75 Å². The van der Waals surface area contributed by atoms with Gasteiger partial charge in [0.2, 0.25) is 10.0 Å². The highest BCUT2D eigenvalue weighted by atomic mass is 32.2. The van der Waals surface area contributed by atoms with Gasteiger partial charge in [-0.3, -0.25) is 0 Å². The normalized spacial score (nSPS) is 16.6. The summed E-state index contributed by atoms with van der Waals surface area (Å²) in [7, 11) is -2.42. The molecule has 5 nitrogen and oxygen atoms in total. The first kappa shape index (κ1) is 18.8. The van der Waals surface area contributed by atoms with E-state index in [4.69, 9.17) is 4.74 Å². The minimum absolute atomic E-state index is 0.261. The van der Waals surface area contributed by atoms with Crippen molar-refractivity contribution < 1.29 is 26.8 Å². The number of rotatable bonds is 5. The molecule has 2 aromatic rings. The number of nitrogens with zero attached hydrogens (tertiary/aromatic N) is 1. The van der Waals surface area contributed by atoms with Crippen LogP contribution in [0, 0.1) is 11.6 Å². The molecule has 1 saturated heterocycles. The summed E-state index contributed by atoms with van der Waals surface area (Å²) in [6, 6.07) is 10.2. The Morgan fingerprint density at radius 2 is 1.85 bits per heavy atom. The van der Waals surface area contributed by atoms with Crippen molar-refractivity contribution in [2.45, 2.75) is 11.4 Å². The van der Waals surface area contributed by atoms with Gasteiger partial charge in [-0.2, -0.15) is 4.31 Å². The summed E-state index contributed by atoms with van der Waals surface area (Å²) >= 11 is 0. The van der Waals surface area contributed by atoms with Gasteiger partial charge in [-0.25, -0.2) is 17.2 Å². The summed E-state index contributed by atoms with van der Waals surface area (Å²) in [5.74, 6) is -0.922.